The number of fused-ring (bicyclic) bond motifs is 1. The lowest BCUT2D eigenvalue weighted by atomic mass is 10.1. The summed E-state index contributed by atoms with van der Waals surface area (Å²) >= 11 is 0. The molecular formula is C27H24N6O4. The summed E-state index contributed by atoms with van der Waals surface area (Å²) < 4.78 is 14.5. The van der Waals surface area contributed by atoms with Crippen LogP contribution < -0.4 is 4.74 Å². The van der Waals surface area contributed by atoms with Crippen LogP contribution >= 0.6 is 0 Å². The van der Waals surface area contributed by atoms with Gasteiger partial charge in [0.1, 0.15) is 6.61 Å². The molecule has 0 radical (unpaired) electrons. The van der Waals surface area contributed by atoms with E-state index in [0.29, 0.717) is 29.2 Å². The normalized spacial score (nSPS) is 11.0. The summed E-state index contributed by atoms with van der Waals surface area (Å²) in [5.41, 5.74) is 3.83. The first-order chi connectivity index (χ1) is 18.0. The second kappa shape index (κ2) is 10.4. The van der Waals surface area contributed by atoms with E-state index in [1.54, 1.807) is 26.2 Å². The van der Waals surface area contributed by atoms with Crippen LogP contribution in [0.2, 0.25) is 0 Å². The number of aromatic nitrogens is 6. The zero-order chi connectivity index (χ0) is 25.8. The van der Waals surface area contributed by atoms with E-state index < -0.39 is 5.97 Å². The molecule has 2 aromatic carbocycles. The maximum atomic E-state index is 12.1. The fourth-order valence-corrected chi connectivity index (χ4v) is 3.82. The molecule has 0 atom stereocenters. The number of rotatable bonds is 9. The Kier molecular flexibility index (Phi) is 6.71. The molecule has 5 aromatic rings. The predicted octanol–water partition coefficient (Wildman–Crippen LogP) is 4.02. The number of hydrogen-bond donors (Lipinski definition) is 0. The maximum absolute atomic E-state index is 12.1. The topological polar surface area (TPSA) is 114 Å². The Morgan fingerprint density at radius 3 is 2.57 bits per heavy atom. The average molecular weight is 497 g/mol. The number of ether oxygens (including phenoxy) is 2. The van der Waals surface area contributed by atoms with Crippen molar-refractivity contribution in [2.75, 3.05) is 6.61 Å². The number of benzene rings is 2. The summed E-state index contributed by atoms with van der Waals surface area (Å²) in [7, 11) is 0. The van der Waals surface area contributed by atoms with E-state index in [-0.39, 0.29) is 30.5 Å². The van der Waals surface area contributed by atoms with Gasteiger partial charge in [-0.3, -0.25) is 4.79 Å². The van der Waals surface area contributed by atoms with Crippen LogP contribution in [-0.4, -0.2) is 47.7 Å². The molecule has 0 saturated heterocycles. The molecule has 3 heterocycles. The Hall–Kier alpha value is -4.86. The molecule has 186 valence electrons. The van der Waals surface area contributed by atoms with Crippen molar-refractivity contribution in [3.63, 3.8) is 0 Å². The van der Waals surface area contributed by atoms with E-state index >= 15 is 0 Å². The van der Waals surface area contributed by atoms with Gasteiger partial charge in [-0.05, 0) is 31.0 Å². The summed E-state index contributed by atoms with van der Waals surface area (Å²) in [5.74, 6) is 0.0400. The van der Waals surface area contributed by atoms with Gasteiger partial charge in [-0.25, -0.2) is 14.5 Å². The lowest BCUT2D eigenvalue weighted by molar-refractivity contribution is 0.0526. The summed E-state index contributed by atoms with van der Waals surface area (Å²) in [6.45, 7) is 4.26. The zero-order valence-electron chi connectivity index (χ0n) is 20.4. The van der Waals surface area contributed by atoms with Gasteiger partial charge in [-0.1, -0.05) is 48.5 Å². The number of Topliss-reactive ketones (excluding diaryl/α,β-unsaturated/α-hetero) is 1. The quantitative estimate of drug-likeness (QED) is 0.222. The molecule has 10 heteroatoms. The molecule has 0 N–H and O–H groups in total. The predicted molar refractivity (Wildman–Crippen MR) is 135 cm³/mol. The standard InChI is InChI=1S/C27H24N6O4/c1-3-36-26(35)22-13-29-33(15-22)27-30-24-23(25(31-27)37-16-19-8-5-4-6-9-19)32(17-28-24)14-20-10-7-11-21(12-20)18(2)34/h4-13,15,17H,3,14,16H2,1-2H3. The van der Waals surface area contributed by atoms with Gasteiger partial charge in [0.2, 0.25) is 5.88 Å². The maximum Gasteiger partial charge on any atom is 0.341 e. The van der Waals surface area contributed by atoms with Gasteiger partial charge in [0.15, 0.2) is 16.9 Å². The van der Waals surface area contributed by atoms with Crippen LogP contribution in [0.5, 0.6) is 5.88 Å². The molecule has 0 spiro atoms. The lowest BCUT2D eigenvalue weighted by Gasteiger charge is -2.11. The third-order valence-electron chi connectivity index (χ3n) is 5.63. The van der Waals surface area contributed by atoms with Gasteiger partial charge >= 0.3 is 5.97 Å². The minimum absolute atomic E-state index is 0.00129. The number of nitrogens with zero attached hydrogens (tertiary/aromatic N) is 6. The molecule has 0 saturated carbocycles. The number of ketones is 1. The van der Waals surface area contributed by atoms with Crippen molar-refractivity contribution in [3.05, 3.63) is 95.6 Å². The highest BCUT2D eigenvalue weighted by Gasteiger charge is 2.19. The molecule has 0 amide bonds. The molecule has 10 nitrogen and oxygen atoms in total. The molecule has 5 rings (SSSR count). The Labute approximate surface area is 212 Å². The second-order valence-electron chi connectivity index (χ2n) is 8.30. The van der Waals surface area contributed by atoms with Crippen LogP contribution in [0.1, 0.15) is 45.7 Å². The summed E-state index contributed by atoms with van der Waals surface area (Å²) in [5, 5.41) is 4.23. The zero-order valence-corrected chi connectivity index (χ0v) is 20.4. The van der Waals surface area contributed by atoms with Crippen molar-refractivity contribution in [2.45, 2.75) is 27.0 Å². The second-order valence-corrected chi connectivity index (χ2v) is 8.30. The average Bonchev–Trinajstić information content (AvgIpc) is 3.56. The van der Waals surface area contributed by atoms with Crippen LogP contribution in [0.15, 0.2) is 73.3 Å². The summed E-state index contributed by atoms with van der Waals surface area (Å²) in [4.78, 5) is 37.6. The number of imidazole rings is 1. The Balaban J connectivity index is 1.54. The highest BCUT2D eigenvalue weighted by atomic mass is 16.5. The highest BCUT2D eigenvalue weighted by Crippen LogP contribution is 2.25. The minimum Gasteiger partial charge on any atom is -0.471 e. The van der Waals surface area contributed by atoms with Gasteiger partial charge in [0.25, 0.3) is 5.95 Å². The lowest BCUT2D eigenvalue weighted by Crippen LogP contribution is -2.08. The number of carbonyl (C=O) groups is 2. The summed E-state index contributed by atoms with van der Waals surface area (Å²) in [6, 6.07) is 17.2. The molecule has 0 unspecified atom stereocenters. The smallest absolute Gasteiger partial charge is 0.341 e. The molecular weight excluding hydrogens is 472 g/mol. The minimum atomic E-state index is -0.479. The van der Waals surface area contributed by atoms with Gasteiger partial charge in [0.05, 0.1) is 24.7 Å². The molecule has 0 fully saturated rings. The van der Waals surface area contributed by atoms with E-state index in [9.17, 15) is 9.59 Å². The van der Waals surface area contributed by atoms with E-state index in [1.807, 2.05) is 53.1 Å². The number of carbonyl (C=O) groups excluding carboxylic acids is 2. The Morgan fingerprint density at radius 1 is 0.973 bits per heavy atom. The third kappa shape index (κ3) is 5.22. The SMILES string of the molecule is CCOC(=O)c1cnn(-c2nc(OCc3ccccc3)c3c(ncn3Cc3cccc(C(C)=O)c3)n2)c1. The Morgan fingerprint density at radius 2 is 1.78 bits per heavy atom. The van der Waals surface area contributed by atoms with Crippen molar-refractivity contribution in [3.8, 4) is 11.8 Å². The number of hydrogen-bond acceptors (Lipinski definition) is 8. The van der Waals surface area contributed by atoms with Crippen LogP contribution in [0, 0.1) is 0 Å². The van der Waals surface area contributed by atoms with E-state index in [4.69, 9.17) is 9.47 Å². The molecule has 0 aliphatic carbocycles. The van der Waals surface area contributed by atoms with Crippen molar-refractivity contribution in [1.29, 1.82) is 0 Å². The van der Waals surface area contributed by atoms with E-state index in [0.717, 1.165) is 11.1 Å². The number of esters is 1. The molecule has 37 heavy (non-hydrogen) atoms. The van der Waals surface area contributed by atoms with E-state index in [1.165, 1.54) is 17.1 Å². The first-order valence-electron chi connectivity index (χ1n) is 11.7. The van der Waals surface area contributed by atoms with Crippen molar-refractivity contribution >= 4 is 22.9 Å². The van der Waals surface area contributed by atoms with E-state index in [2.05, 4.69) is 20.1 Å². The van der Waals surface area contributed by atoms with Crippen LogP contribution in [-0.2, 0) is 17.9 Å². The third-order valence-corrected chi connectivity index (χ3v) is 5.63. The Bertz CT molecular complexity index is 1570. The molecule has 0 aliphatic heterocycles. The van der Waals surface area contributed by atoms with Gasteiger partial charge in [-0.15, -0.1) is 0 Å². The monoisotopic (exact) mass is 496 g/mol. The van der Waals surface area contributed by atoms with Crippen molar-refractivity contribution in [2.24, 2.45) is 0 Å². The van der Waals surface area contributed by atoms with Crippen molar-refractivity contribution in [1.82, 2.24) is 29.3 Å². The fraction of sp³-hybridized carbons (Fsp3) is 0.185. The largest absolute Gasteiger partial charge is 0.471 e. The fourth-order valence-electron chi connectivity index (χ4n) is 3.82. The van der Waals surface area contributed by atoms with Crippen LogP contribution in [0.3, 0.4) is 0 Å². The molecule has 0 aliphatic rings. The first kappa shape index (κ1) is 23.9. The van der Waals surface area contributed by atoms with Gasteiger partial charge in [-0.2, -0.15) is 15.1 Å². The molecule has 3 aromatic heterocycles. The molecule has 0 bridgehead atoms. The van der Waals surface area contributed by atoms with Crippen LogP contribution in [0.4, 0.5) is 0 Å². The van der Waals surface area contributed by atoms with Gasteiger partial charge < -0.3 is 14.0 Å². The van der Waals surface area contributed by atoms with Crippen molar-refractivity contribution < 1.29 is 19.1 Å². The highest BCUT2D eigenvalue weighted by molar-refractivity contribution is 5.94. The van der Waals surface area contributed by atoms with Gasteiger partial charge in [0, 0.05) is 18.3 Å². The summed E-state index contributed by atoms with van der Waals surface area (Å²) in [6.07, 6.45) is 4.56. The first-order valence-corrected chi connectivity index (χ1v) is 11.7. The van der Waals surface area contributed by atoms with Crippen LogP contribution in [0.25, 0.3) is 17.1 Å².